The number of anilines is 1. The van der Waals surface area contributed by atoms with Crippen molar-refractivity contribution in [3.8, 4) is 0 Å². The van der Waals surface area contributed by atoms with Crippen molar-refractivity contribution in [2.24, 2.45) is 0 Å². The number of nitrogens with two attached hydrogens (primary N) is 1. The van der Waals surface area contributed by atoms with Gasteiger partial charge in [0.15, 0.2) is 0 Å². The van der Waals surface area contributed by atoms with Crippen molar-refractivity contribution in [1.29, 1.82) is 0 Å². The van der Waals surface area contributed by atoms with Crippen LogP contribution in [-0.4, -0.2) is 28.4 Å². The molecule has 0 bridgehead atoms. The fourth-order valence-corrected chi connectivity index (χ4v) is 3.83. The fraction of sp³-hybridized carbons (Fsp3) is 0.429. The van der Waals surface area contributed by atoms with Gasteiger partial charge in [0, 0.05) is 30.4 Å². The number of pyridine rings is 1. The lowest BCUT2D eigenvalue weighted by molar-refractivity contribution is 0.0739. The Hall–Kier alpha value is -1.62. The third kappa shape index (κ3) is 1.98. The van der Waals surface area contributed by atoms with Gasteiger partial charge in [0.1, 0.15) is 4.88 Å². The molecule has 0 saturated carbocycles. The largest absolute Gasteiger partial charge is 0.397 e. The van der Waals surface area contributed by atoms with E-state index in [-0.39, 0.29) is 5.91 Å². The molecular formula is C14H17N3OS. The van der Waals surface area contributed by atoms with E-state index < -0.39 is 0 Å². The second-order valence-electron chi connectivity index (χ2n) is 4.92. The Bertz CT molecular complexity index is 622. The average molecular weight is 275 g/mol. The maximum Gasteiger partial charge on any atom is 0.266 e. The Morgan fingerprint density at radius 3 is 3.21 bits per heavy atom. The van der Waals surface area contributed by atoms with Crippen LogP contribution >= 0.6 is 11.3 Å². The Kier molecular flexibility index (Phi) is 3.14. The molecule has 3 rings (SSSR count). The van der Waals surface area contributed by atoms with Crippen LogP contribution in [0.15, 0.2) is 18.5 Å². The highest BCUT2D eigenvalue weighted by Gasteiger charge is 2.30. The van der Waals surface area contributed by atoms with Crippen LogP contribution in [0.4, 0.5) is 5.69 Å². The van der Waals surface area contributed by atoms with Gasteiger partial charge in [0.2, 0.25) is 0 Å². The second-order valence-corrected chi connectivity index (χ2v) is 5.97. The third-order valence-electron chi connectivity index (χ3n) is 3.83. The lowest BCUT2D eigenvalue weighted by Crippen LogP contribution is -2.34. The molecule has 1 saturated heterocycles. The van der Waals surface area contributed by atoms with E-state index >= 15 is 0 Å². The van der Waals surface area contributed by atoms with Gasteiger partial charge in [0.25, 0.3) is 5.91 Å². The molecule has 2 aromatic rings. The van der Waals surface area contributed by atoms with Crippen molar-refractivity contribution in [2.75, 3.05) is 12.3 Å². The molecule has 1 unspecified atom stereocenters. The zero-order chi connectivity index (χ0) is 13.4. The number of nitrogens with zero attached hydrogens (tertiary/aromatic N) is 2. The van der Waals surface area contributed by atoms with Crippen LogP contribution < -0.4 is 5.73 Å². The average Bonchev–Trinajstić information content (AvgIpc) is 3.03. The molecule has 19 heavy (non-hydrogen) atoms. The van der Waals surface area contributed by atoms with Crippen molar-refractivity contribution >= 4 is 33.0 Å². The minimum atomic E-state index is 0.0862. The van der Waals surface area contributed by atoms with Crippen LogP contribution in [0.3, 0.4) is 0 Å². The quantitative estimate of drug-likeness (QED) is 0.916. The number of fused-ring (bicyclic) bond motifs is 1. The Balaban J connectivity index is 2.00. The molecule has 3 heterocycles. The number of likely N-dealkylation sites (tertiary alicyclic amines) is 1. The van der Waals surface area contributed by atoms with E-state index in [2.05, 4.69) is 11.9 Å². The van der Waals surface area contributed by atoms with E-state index in [0.29, 0.717) is 16.6 Å². The Morgan fingerprint density at radius 1 is 1.63 bits per heavy atom. The number of carbonyl (C=O) groups is 1. The molecule has 1 amide bonds. The van der Waals surface area contributed by atoms with Crippen LogP contribution in [0.1, 0.15) is 35.9 Å². The Morgan fingerprint density at radius 2 is 2.47 bits per heavy atom. The smallest absolute Gasteiger partial charge is 0.266 e. The van der Waals surface area contributed by atoms with E-state index in [4.69, 9.17) is 5.73 Å². The molecule has 100 valence electrons. The number of carbonyl (C=O) groups excluding carboxylic acids is 1. The van der Waals surface area contributed by atoms with E-state index in [1.165, 1.54) is 11.3 Å². The molecular weight excluding hydrogens is 258 g/mol. The molecule has 4 nitrogen and oxygen atoms in total. The summed E-state index contributed by atoms with van der Waals surface area (Å²) >= 11 is 1.45. The minimum Gasteiger partial charge on any atom is -0.397 e. The van der Waals surface area contributed by atoms with Crippen molar-refractivity contribution < 1.29 is 4.79 Å². The van der Waals surface area contributed by atoms with Crippen molar-refractivity contribution in [3.05, 3.63) is 23.3 Å². The first kappa shape index (κ1) is 12.4. The van der Waals surface area contributed by atoms with Gasteiger partial charge in [-0.1, -0.05) is 6.92 Å². The van der Waals surface area contributed by atoms with E-state index in [1.54, 1.807) is 12.4 Å². The number of thiophene rings is 1. The molecule has 0 aromatic carbocycles. The molecule has 1 atom stereocenters. The fourth-order valence-electron chi connectivity index (χ4n) is 2.79. The monoisotopic (exact) mass is 275 g/mol. The lowest BCUT2D eigenvalue weighted by atomic mass is 10.1. The minimum absolute atomic E-state index is 0.0862. The first-order chi connectivity index (χ1) is 9.22. The van der Waals surface area contributed by atoms with Crippen molar-refractivity contribution in [2.45, 2.75) is 32.2 Å². The molecule has 2 N–H and O–H groups in total. The van der Waals surface area contributed by atoms with Gasteiger partial charge < -0.3 is 10.6 Å². The summed E-state index contributed by atoms with van der Waals surface area (Å²) in [6.45, 7) is 2.98. The SMILES string of the molecule is CCC1CCCN1C(=O)c1sc2cnccc2c1N. The lowest BCUT2D eigenvalue weighted by Gasteiger charge is -2.23. The number of amides is 1. The van der Waals surface area contributed by atoms with Gasteiger partial charge >= 0.3 is 0 Å². The summed E-state index contributed by atoms with van der Waals surface area (Å²) in [5.74, 6) is 0.0862. The zero-order valence-electron chi connectivity index (χ0n) is 10.9. The molecule has 0 radical (unpaired) electrons. The van der Waals surface area contributed by atoms with Gasteiger partial charge in [-0.25, -0.2) is 0 Å². The maximum absolute atomic E-state index is 12.6. The zero-order valence-corrected chi connectivity index (χ0v) is 11.7. The highest BCUT2D eigenvalue weighted by atomic mass is 32.1. The number of nitrogen functional groups attached to an aromatic ring is 1. The van der Waals surface area contributed by atoms with Crippen LogP contribution in [0, 0.1) is 0 Å². The van der Waals surface area contributed by atoms with Crippen LogP contribution in [0.5, 0.6) is 0 Å². The number of rotatable bonds is 2. The predicted octanol–water partition coefficient (Wildman–Crippen LogP) is 2.89. The first-order valence-electron chi connectivity index (χ1n) is 6.65. The molecule has 0 spiro atoms. The van der Waals surface area contributed by atoms with Gasteiger partial charge in [-0.2, -0.15) is 0 Å². The van der Waals surface area contributed by atoms with Crippen molar-refractivity contribution in [3.63, 3.8) is 0 Å². The summed E-state index contributed by atoms with van der Waals surface area (Å²) in [7, 11) is 0. The highest BCUT2D eigenvalue weighted by molar-refractivity contribution is 7.21. The van der Waals surface area contributed by atoms with Gasteiger partial charge in [-0.15, -0.1) is 11.3 Å². The summed E-state index contributed by atoms with van der Waals surface area (Å²) in [5, 5.41) is 0.940. The van der Waals surface area contributed by atoms with E-state index in [9.17, 15) is 4.79 Å². The maximum atomic E-state index is 12.6. The second kappa shape index (κ2) is 4.81. The number of hydrogen-bond donors (Lipinski definition) is 1. The predicted molar refractivity (Wildman–Crippen MR) is 78.4 cm³/mol. The molecule has 2 aromatic heterocycles. The van der Waals surface area contributed by atoms with Gasteiger partial charge in [0.05, 0.1) is 10.4 Å². The molecule has 1 fully saturated rings. The molecule has 0 aliphatic carbocycles. The summed E-state index contributed by atoms with van der Waals surface area (Å²) < 4.78 is 0.982. The summed E-state index contributed by atoms with van der Waals surface area (Å²) in [6, 6.07) is 2.24. The van der Waals surface area contributed by atoms with E-state index in [1.807, 2.05) is 11.0 Å². The highest BCUT2D eigenvalue weighted by Crippen LogP contribution is 2.35. The van der Waals surface area contributed by atoms with Crippen molar-refractivity contribution in [1.82, 2.24) is 9.88 Å². The molecule has 1 aliphatic rings. The summed E-state index contributed by atoms with van der Waals surface area (Å²) in [5.41, 5.74) is 6.74. The van der Waals surface area contributed by atoms with Gasteiger partial charge in [-0.3, -0.25) is 9.78 Å². The topological polar surface area (TPSA) is 59.2 Å². The van der Waals surface area contributed by atoms with Crippen LogP contribution in [0.2, 0.25) is 0 Å². The summed E-state index contributed by atoms with van der Waals surface area (Å²) in [6.07, 6.45) is 6.70. The standard InChI is InChI=1S/C14H17N3OS/c1-2-9-4-3-7-17(9)14(18)13-12(15)10-5-6-16-8-11(10)19-13/h5-6,8-9H,2-4,7,15H2,1H3. The first-order valence-corrected chi connectivity index (χ1v) is 7.47. The molecule has 1 aliphatic heterocycles. The van der Waals surface area contributed by atoms with Crippen LogP contribution in [-0.2, 0) is 0 Å². The van der Waals surface area contributed by atoms with E-state index in [0.717, 1.165) is 35.9 Å². The number of hydrogen-bond acceptors (Lipinski definition) is 4. The third-order valence-corrected chi connectivity index (χ3v) is 4.98. The molecule has 5 heteroatoms. The van der Waals surface area contributed by atoms with Gasteiger partial charge in [-0.05, 0) is 25.3 Å². The normalized spacial score (nSPS) is 19.2. The summed E-state index contributed by atoms with van der Waals surface area (Å²) in [4.78, 5) is 19.4. The Labute approximate surface area is 116 Å². The number of aromatic nitrogens is 1. The van der Waals surface area contributed by atoms with Crippen LogP contribution in [0.25, 0.3) is 10.1 Å².